The average Bonchev–Trinajstić information content (AvgIpc) is 3.25. The molecule has 0 amide bonds. The molecule has 0 radical (unpaired) electrons. The van der Waals surface area contributed by atoms with Gasteiger partial charge in [0, 0.05) is 28.9 Å². The lowest BCUT2D eigenvalue weighted by molar-refractivity contribution is 0.186. The van der Waals surface area contributed by atoms with Crippen molar-refractivity contribution in [2.75, 3.05) is 6.61 Å². The van der Waals surface area contributed by atoms with Gasteiger partial charge in [-0.2, -0.15) is 0 Å². The number of aromatic hydroxyl groups is 3. The number of rotatable bonds is 0. The summed E-state index contributed by atoms with van der Waals surface area (Å²) in [6.45, 7) is 0.608. The van der Waals surface area contributed by atoms with E-state index < -0.39 is 0 Å². The molecule has 5 rings (SSSR count). The van der Waals surface area contributed by atoms with E-state index in [2.05, 4.69) is 0 Å². The van der Waals surface area contributed by atoms with Crippen LogP contribution >= 0.6 is 0 Å². The van der Waals surface area contributed by atoms with Crippen molar-refractivity contribution in [2.24, 2.45) is 5.92 Å². The van der Waals surface area contributed by atoms with Crippen molar-refractivity contribution in [3.8, 4) is 23.0 Å². The van der Waals surface area contributed by atoms with E-state index in [0.717, 1.165) is 35.3 Å². The third kappa shape index (κ3) is 1.33. The minimum atomic E-state index is -0.0676. The summed E-state index contributed by atoms with van der Waals surface area (Å²) in [7, 11) is 0. The largest absolute Gasteiger partial charge is 0.508 e. The number of hydrogen-bond donors (Lipinski definition) is 3. The van der Waals surface area contributed by atoms with E-state index >= 15 is 0 Å². The van der Waals surface area contributed by atoms with E-state index in [1.807, 2.05) is 6.07 Å². The summed E-state index contributed by atoms with van der Waals surface area (Å²) in [6.07, 6.45) is 2.20. The molecule has 0 aromatic heterocycles. The van der Waals surface area contributed by atoms with Crippen molar-refractivity contribution in [1.29, 1.82) is 0 Å². The van der Waals surface area contributed by atoms with Crippen LogP contribution in [0, 0.1) is 5.92 Å². The Bertz CT molecular complexity index is 807. The molecule has 4 heteroatoms. The third-order valence-electron chi connectivity index (χ3n) is 5.67. The summed E-state index contributed by atoms with van der Waals surface area (Å²) in [5, 5.41) is 29.5. The Hall–Kier alpha value is -2.36. The van der Waals surface area contributed by atoms with Gasteiger partial charge in [-0.15, -0.1) is 0 Å². The molecule has 1 heterocycles. The number of phenols is 3. The summed E-state index contributed by atoms with van der Waals surface area (Å²) in [5.41, 5.74) is 3.39. The maximum atomic E-state index is 9.94. The fourth-order valence-electron chi connectivity index (χ4n) is 4.52. The van der Waals surface area contributed by atoms with Crippen LogP contribution in [0.2, 0.25) is 0 Å². The summed E-state index contributed by atoms with van der Waals surface area (Å²) in [5.74, 6) is 1.30. The minimum absolute atomic E-state index is 0.0458. The first kappa shape index (κ1) is 12.2. The van der Waals surface area contributed by atoms with E-state index in [4.69, 9.17) is 4.74 Å². The number of fused-ring (bicyclic) bond motifs is 7. The van der Waals surface area contributed by atoms with Gasteiger partial charge >= 0.3 is 0 Å². The fourth-order valence-corrected chi connectivity index (χ4v) is 4.52. The van der Waals surface area contributed by atoms with Gasteiger partial charge in [-0.3, -0.25) is 0 Å². The molecule has 1 spiro atoms. The third-order valence-corrected chi connectivity index (χ3v) is 5.67. The predicted octanol–water partition coefficient (Wildman–Crippen LogP) is 2.99. The first-order valence-electron chi connectivity index (χ1n) is 7.62. The lowest BCUT2D eigenvalue weighted by Crippen LogP contribution is -2.29. The molecule has 1 aliphatic heterocycles. The first-order chi connectivity index (χ1) is 10.6. The number of ether oxygens (including phenoxy) is 1. The Morgan fingerprint density at radius 3 is 2.50 bits per heavy atom. The highest BCUT2D eigenvalue weighted by molar-refractivity contribution is 5.61. The highest BCUT2D eigenvalue weighted by Gasteiger charge is 2.61. The lowest BCUT2D eigenvalue weighted by atomic mass is 9.79. The SMILES string of the molecule is Oc1ccc2c(c1)OCC1[C@@H]2c2cc(O)c(O)cc2C12CC2. The predicted molar refractivity (Wildman–Crippen MR) is 79.6 cm³/mol. The van der Waals surface area contributed by atoms with Gasteiger partial charge in [0.25, 0.3) is 0 Å². The van der Waals surface area contributed by atoms with Crippen molar-refractivity contribution >= 4 is 0 Å². The van der Waals surface area contributed by atoms with Crippen LogP contribution in [-0.2, 0) is 5.41 Å². The van der Waals surface area contributed by atoms with Gasteiger partial charge in [0.05, 0.1) is 6.61 Å². The normalized spacial score (nSPS) is 26.0. The summed E-state index contributed by atoms with van der Waals surface area (Å²) < 4.78 is 5.90. The van der Waals surface area contributed by atoms with Gasteiger partial charge in [-0.05, 0) is 42.2 Å². The molecule has 0 bridgehead atoms. The van der Waals surface area contributed by atoms with E-state index in [-0.39, 0.29) is 28.6 Å². The van der Waals surface area contributed by atoms with Crippen LogP contribution in [0.3, 0.4) is 0 Å². The molecule has 2 aliphatic carbocycles. The standard InChI is InChI=1S/C18H16O4/c19-9-1-2-10-16(5-9)22-8-13-17(10)11-6-14(20)15(21)7-12(11)18(13)3-4-18/h1-2,5-7,13,17,19-21H,3-4,8H2/t13?,17-/m0/s1. The Labute approximate surface area is 127 Å². The maximum Gasteiger partial charge on any atom is 0.157 e. The lowest BCUT2D eigenvalue weighted by Gasteiger charge is -2.32. The molecule has 3 aliphatic rings. The van der Waals surface area contributed by atoms with E-state index in [9.17, 15) is 15.3 Å². The van der Waals surface area contributed by atoms with Crippen LogP contribution in [0.25, 0.3) is 0 Å². The van der Waals surface area contributed by atoms with Crippen LogP contribution in [-0.4, -0.2) is 21.9 Å². The summed E-state index contributed by atoms with van der Waals surface area (Å²) >= 11 is 0. The summed E-state index contributed by atoms with van der Waals surface area (Å²) in [4.78, 5) is 0. The van der Waals surface area contributed by atoms with Crippen LogP contribution in [0.5, 0.6) is 23.0 Å². The van der Waals surface area contributed by atoms with Gasteiger partial charge < -0.3 is 20.1 Å². The molecule has 112 valence electrons. The molecule has 1 saturated carbocycles. The second-order valence-electron chi connectivity index (χ2n) is 6.70. The average molecular weight is 296 g/mol. The van der Waals surface area contributed by atoms with Crippen molar-refractivity contribution in [3.63, 3.8) is 0 Å². The minimum Gasteiger partial charge on any atom is -0.508 e. The zero-order valence-corrected chi connectivity index (χ0v) is 11.9. The second kappa shape index (κ2) is 3.69. The van der Waals surface area contributed by atoms with Crippen molar-refractivity contribution in [2.45, 2.75) is 24.2 Å². The van der Waals surface area contributed by atoms with E-state index in [1.165, 1.54) is 0 Å². The van der Waals surface area contributed by atoms with Crippen LogP contribution in [0.4, 0.5) is 0 Å². The van der Waals surface area contributed by atoms with Gasteiger partial charge in [-0.25, -0.2) is 0 Å². The Morgan fingerprint density at radius 2 is 1.73 bits per heavy atom. The Morgan fingerprint density at radius 1 is 0.955 bits per heavy atom. The molecular weight excluding hydrogens is 280 g/mol. The molecule has 2 aromatic carbocycles. The molecule has 22 heavy (non-hydrogen) atoms. The Kier molecular flexibility index (Phi) is 2.05. The smallest absolute Gasteiger partial charge is 0.157 e. The van der Waals surface area contributed by atoms with Gasteiger partial charge in [0.2, 0.25) is 0 Å². The molecule has 3 N–H and O–H groups in total. The maximum absolute atomic E-state index is 9.94. The molecular formula is C18H16O4. The zero-order valence-electron chi connectivity index (χ0n) is 11.9. The topological polar surface area (TPSA) is 69.9 Å². The fraction of sp³-hybridized carbons (Fsp3) is 0.333. The number of benzene rings is 2. The molecule has 4 nitrogen and oxygen atoms in total. The second-order valence-corrected chi connectivity index (χ2v) is 6.70. The first-order valence-corrected chi connectivity index (χ1v) is 7.62. The van der Waals surface area contributed by atoms with Gasteiger partial charge in [0.15, 0.2) is 11.5 Å². The van der Waals surface area contributed by atoms with Gasteiger partial charge in [0.1, 0.15) is 11.5 Å². The molecule has 1 fully saturated rings. The zero-order chi connectivity index (χ0) is 15.1. The Balaban J connectivity index is 1.77. The van der Waals surface area contributed by atoms with Crippen LogP contribution < -0.4 is 4.74 Å². The van der Waals surface area contributed by atoms with Crippen molar-refractivity contribution in [3.05, 3.63) is 47.0 Å². The van der Waals surface area contributed by atoms with Crippen LogP contribution in [0.1, 0.15) is 35.4 Å². The van der Waals surface area contributed by atoms with E-state index in [0.29, 0.717) is 12.5 Å². The van der Waals surface area contributed by atoms with Gasteiger partial charge in [-0.1, -0.05) is 6.07 Å². The van der Waals surface area contributed by atoms with E-state index in [1.54, 1.807) is 24.3 Å². The summed E-state index contributed by atoms with van der Waals surface area (Å²) in [6, 6.07) is 8.69. The monoisotopic (exact) mass is 296 g/mol. The number of hydrogen-bond acceptors (Lipinski definition) is 4. The number of phenolic OH excluding ortho intramolecular Hbond substituents is 3. The quantitative estimate of drug-likeness (QED) is 0.654. The van der Waals surface area contributed by atoms with Crippen molar-refractivity contribution < 1.29 is 20.1 Å². The molecule has 1 unspecified atom stereocenters. The molecule has 2 atom stereocenters. The van der Waals surface area contributed by atoms with Crippen molar-refractivity contribution in [1.82, 2.24) is 0 Å². The van der Waals surface area contributed by atoms with Crippen LogP contribution in [0.15, 0.2) is 30.3 Å². The highest BCUT2D eigenvalue weighted by Crippen LogP contribution is 2.68. The molecule has 2 aromatic rings. The highest BCUT2D eigenvalue weighted by atomic mass is 16.5. The molecule has 0 saturated heterocycles.